The largest absolute Gasteiger partial charge is 0.294 e. The van der Waals surface area contributed by atoms with Crippen molar-refractivity contribution >= 4 is 23.7 Å². The van der Waals surface area contributed by atoms with Crippen LogP contribution in [0.15, 0.2) is 35.4 Å². The molecule has 7 rings (SSSR count). The number of ketones is 2. The van der Waals surface area contributed by atoms with Gasteiger partial charge in [0.15, 0.2) is 11.6 Å². The summed E-state index contributed by atoms with van der Waals surface area (Å²) in [6, 6.07) is 8.56. The number of rotatable bonds is 2. The van der Waals surface area contributed by atoms with E-state index in [1.54, 1.807) is 0 Å². The summed E-state index contributed by atoms with van der Waals surface area (Å²) in [5, 5.41) is 0. The molecule has 0 aliphatic heterocycles. The summed E-state index contributed by atoms with van der Waals surface area (Å²) in [7, 11) is 0. The van der Waals surface area contributed by atoms with Crippen LogP contribution in [0.3, 0.4) is 0 Å². The molecule has 0 N–H and O–H groups in total. The molecule has 2 nitrogen and oxygen atoms in total. The summed E-state index contributed by atoms with van der Waals surface area (Å²) < 4.78 is 0. The maximum atomic E-state index is 12.9. The van der Waals surface area contributed by atoms with Gasteiger partial charge in [0.25, 0.3) is 0 Å². The minimum atomic E-state index is 0.320. The Morgan fingerprint density at radius 3 is 1.33 bits per heavy atom. The molecule has 1 aromatic rings. The third-order valence-corrected chi connectivity index (χ3v) is 9.96. The Bertz CT molecular complexity index is 915. The second-order valence-corrected chi connectivity index (χ2v) is 11.0. The molecule has 0 spiro atoms. The molecule has 4 bridgehead atoms. The fourth-order valence-electron chi connectivity index (χ4n) is 8.80. The topological polar surface area (TPSA) is 34.1 Å². The minimum Gasteiger partial charge on any atom is -0.294 e. The Kier molecular flexibility index (Phi) is 3.70. The van der Waals surface area contributed by atoms with Gasteiger partial charge in [-0.25, -0.2) is 0 Å². The quantitative estimate of drug-likeness (QED) is 0.597. The lowest BCUT2D eigenvalue weighted by Crippen LogP contribution is -2.26. The van der Waals surface area contributed by atoms with E-state index in [1.165, 1.54) is 38.5 Å². The number of carbonyl (C=O) groups excluding carboxylic acids is 2. The van der Waals surface area contributed by atoms with Gasteiger partial charge in [0.2, 0.25) is 0 Å². The predicted octanol–water partition coefficient (Wildman–Crippen LogP) is 5.72. The van der Waals surface area contributed by atoms with Gasteiger partial charge in [0, 0.05) is 11.8 Å². The normalized spacial score (nSPS) is 45.9. The van der Waals surface area contributed by atoms with Crippen molar-refractivity contribution in [3.05, 3.63) is 46.5 Å². The van der Waals surface area contributed by atoms with Crippen molar-refractivity contribution in [3.63, 3.8) is 0 Å². The van der Waals surface area contributed by atoms with Crippen LogP contribution in [0.25, 0.3) is 12.2 Å². The monoisotopic (exact) mass is 398 g/mol. The number of hydrogen-bond acceptors (Lipinski definition) is 2. The van der Waals surface area contributed by atoms with Crippen LogP contribution in [0.5, 0.6) is 0 Å². The van der Waals surface area contributed by atoms with Crippen molar-refractivity contribution in [3.8, 4) is 0 Å². The highest BCUT2D eigenvalue weighted by Crippen LogP contribution is 2.60. The molecule has 6 fully saturated rings. The standard InChI is InChI=1S/C28H30O2/c29-27-23(21-13-25(27)19-5-1-3-17(19)21)11-15-7-9-16(10-8-15)12-24-22-14-26(28(24)30)20-6-2-4-18(20)22/h7-12,17-22,25-26H,1-6,13-14H2. The van der Waals surface area contributed by atoms with Crippen LogP contribution < -0.4 is 0 Å². The van der Waals surface area contributed by atoms with Crippen LogP contribution in [0, 0.1) is 47.3 Å². The second-order valence-electron chi connectivity index (χ2n) is 11.0. The molecule has 30 heavy (non-hydrogen) atoms. The van der Waals surface area contributed by atoms with E-state index in [9.17, 15) is 9.59 Å². The van der Waals surface area contributed by atoms with Gasteiger partial charge >= 0.3 is 0 Å². The molecule has 0 saturated heterocycles. The first kappa shape index (κ1) is 17.7. The molecule has 8 unspecified atom stereocenters. The Labute approximate surface area is 178 Å². The zero-order chi connectivity index (χ0) is 20.0. The van der Waals surface area contributed by atoms with Gasteiger partial charge in [0.1, 0.15) is 0 Å². The molecule has 154 valence electrons. The van der Waals surface area contributed by atoms with Crippen molar-refractivity contribution in [1.82, 2.24) is 0 Å². The van der Waals surface area contributed by atoms with Crippen LogP contribution in [-0.4, -0.2) is 11.6 Å². The first-order valence-electron chi connectivity index (χ1n) is 12.3. The number of allylic oxidation sites excluding steroid dienone is 2. The number of fused-ring (bicyclic) bond motifs is 10. The fraction of sp³-hybridized carbons (Fsp3) is 0.571. The van der Waals surface area contributed by atoms with Crippen molar-refractivity contribution in [1.29, 1.82) is 0 Å². The van der Waals surface area contributed by atoms with Crippen LogP contribution >= 0.6 is 0 Å². The van der Waals surface area contributed by atoms with E-state index in [2.05, 4.69) is 36.4 Å². The molecule has 6 aliphatic carbocycles. The maximum absolute atomic E-state index is 12.9. The van der Waals surface area contributed by atoms with Crippen LogP contribution in [0.1, 0.15) is 62.5 Å². The molecule has 6 aliphatic rings. The van der Waals surface area contributed by atoms with Crippen LogP contribution in [-0.2, 0) is 9.59 Å². The summed E-state index contributed by atoms with van der Waals surface area (Å²) in [5.41, 5.74) is 4.48. The van der Waals surface area contributed by atoms with E-state index in [0.29, 0.717) is 47.1 Å². The molecule has 1 aromatic carbocycles. The number of Topliss-reactive ketones (excluding diaryl/α,β-unsaturated/α-hetero) is 2. The van der Waals surface area contributed by atoms with E-state index in [0.717, 1.165) is 47.0 Å². The summed E-state index contributed by atoms with van der Waals surface area (Å²) in [6.07, 6.45) is 14.4. The van der Waals surface area contributed by atoms with E-state index in [1.807, 2.05) is 0 Å². The highest BCUT2D eigenvalue weighted by Gasteiger charge is 2.57. The molecule has 0 amide bonds. The third-order valence-electron chi connectivity index (χ3n) is 9.96. The molecular weight excluding hydrogens is 368 g/mol. The summed E-state index contributed by atoms with van der Waals surface area (Å²) in [5.74, 6) is 5.46. The molecule has 8 atom stereocenters. The van der Waals surface area contributed by atoms with E-state index in [4.69, 9.17) is 0 Å². The average molecular weight is 399 g/mol. The van der Waals surface area contributed by atoms with E-state index in [-0.39, 0.29) is 0 Å². The second kappa shape index (κ2) is 6.28. The first-order valence-corrected chi connectivity index (χ1v) is 12.3. The first-order chi connectivity index (χ1) is 14.7. The summed E-state index contributed by atoms with van der Waals surface area (Å²) >= 11 is 0. The van der Waals surface area contributed by atoms with E-state index >= 15 is 0 Å². The number of benzene rings is 1. The summed E-state index contributed by atoms with van der Waals surface area (Å²) in [6.45, 7) is 0. The van der Waals surface area contributed by atoms with Crippen LogP contribution in [0.4, 0.5) is 0 Å². The predicted molar refractivity (Wildman–Crippen MR) is 117 cm³/mol. The van der Waals surface area contributed by atoms with Crippen molar-refractivity contribution < 1.29 is 9.59 Å². The van der Waals surface area contributed by atoms with Crippen molar-refractivity contribution in [2.45, 2.75) is 51.4 Å². The fourth-order valence-corrected chi connectivity index (χ4v) is 8.80. The van der Waals surface area contributed by atoms with E-state index < -0.39 is 0 Å². The molecule has 6 saturated carbocycles. The Morgan fingerprint density at radius 2 is 0.933 bits per heavy atom. The molecule has 0 radical (unpaired) electrons. The zero-order valence-corrected chi connectivity index (χ0v) is 17.6. The Morgan fingerprint density at radius 1 is 0.567 bits per heavy atom. The smallest absolute Gasteiger partial charge is 0.162 e. The van der Waals surface area contributed by atoms with Gasteiger partial charge in [-0.2, -0.15) is 0 Å². The highest BCUT2D eigenvalue weighted by molar-refractivity contribution is 6.06. The van der Waals surface area contributed by atoms with Gasteiger partial charge in [0.05, 0.1) is 0 Å². The van der Waals surface area contributed by atoms with Gasteiger partial charge in [-0.3, -0.25) is 9.59 Å². The average Bonchev–Trinajstić information content (AvgIpc) is 3.53. The SMILES string of the molecule is O=C1C(=Cc2ccc(C=C3C(=O)C4CC3C3CCCC43)cc2)C2CC1C1CCCC21. The molecule has 2 heteroatoms. The Hall–Kier alpha value is -1.96. The Balaban J connectivity index is 1.14. The van der Waals surface area contributed by atoms with Gasteiger partial charge in [-0.05, 0) is 108 Å². The van der Waals surface area contributed by atoms with Gasteiger partial charge in [-0.1, -0.05) is 37.1 Å². The highest BCUT2D eigenvalue weighted by atomic mass is 16.1. The van der Waals surface area contributed by atoms with Crippen molar-refractivity contribution in [2.24, 2.45) is 47.3 Å². The zero-order valence-electron chi connectivity index (χ0n) is 17.6. The lowest BCUT2D eigenvalue weighted by atomic mass is 9.77. The maximum Gasteiger partial charge on any atom is 0.162 e. The van der Waals surface area contributed by atoms with Crippen molar-refractivity contribution in [2.75, 3.05) is 0 Å². The number of carbonyl (C=O) groups is 2. The lowest BCUT2D eigenvalue weighted by Gasteiger charge is -2.26. The van der Waals surface area contributed by atoms with Gasteiger partial charge in [-0.15, -0.1) is 0 Å². The summed E-state index contributed by atoms with van der Waals surface area (Å²) in [4.78, 5) is 25.8. The molecule has 0 heterocycles. The number of hydrogen-bond donors (Lipinski definition) is 0. The molecule has 0 aromatic heterocycles. The molecular formula is C28H30O2. The minimum absolute atomic E-state index is 0.320. The van der Waals surface area contributed by atoms with Gasteiger partial charge < -0.3 is 0 Å². The van der Waals surface area contributed by atoms with Crippen LogP contribution in [0.2, 0.25) is 0 Å². The lowest BCUT2D eigenvalue weighted by molar-refractivity contribution is -0.120. The third kappa shape index (κ3) is 2.31.